The Labute approximate surface area is 184 Å². The fourth-order valence-corrected chi connectivity index (χ4v) is 4.28. The van der Waals surface area contributed by atoms with Crippen molar-refractivity contribution in [2.75, 3.05) is 18.8 Å². The lowest BCUT2D eigenvalue weighted by molar-refractivity contribution is 0.00578. The van der Waals surface area contributed by atoms with Gasteiger partial charge in [0.25, 0.3) is 0 Å². The van der Waals surface area contributed by atoms with Crippen molar-refractivity contribution in [2.24, 2.45) is 5.92 Å². The summed E-state index contributed by atoms with van der Waals surface area (Å²) < 4.78 is 17.6. The number of ether oxygens (including phenoxy) is 1. The predicted molar refractivity (Wildman–Crippen MR) is 119 cm³/mol. The van der Waals surface area contributed by atoms with E-state index in [4.69, 9.17) is 14.0 Å². The molecule has 0 saturated carbocycles. The minimum Gasteiger partial charge on any atom is -0.444 e. The summed E-state index contributed by atoms with van der Waals surface area (Å²) in [7, 11) is -0.439. The Kier molecular flexibility index (Phi) is 6.75. The predicted octanol–water partition coefficient (Wildman–Crippen LogP) is 3.52. The number of aromatic nitrogens is 2. The summed E-state index contributed by atoms with van der Waals surface area (Å²) in [4.78, 5) is 23.0. The van der Waals surface area contributed by atoms with Crippen LogP contribution in [0.3, 0.4) is 0 Å². The van der Waals surface area contributed by atoms with Gasteiger partial charge in [0, 0.05) is 36.7 Å². The van der Waals surface area contributed by atoms with Crippen molar-refractivity contribution in [3.8, 4) is 0 Å². The average molecular weight is 435 g/mol. The zero-order valence-electron chi connectivity index (χ0n) is 19.2. The molecule has 30 heavy (non-hydrogen) atoms. The lowest BCUT2D eigenvalue weighted by Crippen LogP contribution is -2.42. The van der Waals surface area contributed by atoms with Gasteiger partial charge >= 0.3 is 13.2 Å². The Balaban J connectivity index is 1.45. The molecule has 0 aromatic carbocycles. The fraction of sp³-hybridized carbons (Fsp3) is 0.762. The number of likely N-dealkylation sites (tertiary alicyclic amines) is 1. The highest BCUT2D eigenvalue weighted by atomic mass is 32.2. The summed E-state index contributed by atoms with van der Waals surface area (Å²) >= 11 is 1.66. The molecule has 0 unspecified atom stereocenters. The Morgan fingerprint density at radius 2 is 1.70 bits per heavy atom. The zero-order chi connectivity index (χ0) is 22.2. The van der Waals surface area contributed by atoms with Gasteiger partial charge in [-0.25, -0.2) is 14.8 Å². The highest BCUT2D eigenvalue weighted by Crippen LogP contribution is 2.36. The second-order valence-corrected chi connectivity index (χ2v) is 11.1. The third kappa shape index (κ3) is 5.68. The van der Waals surface area contributed by atoms with Crippen molar-refractivity contribution in [1.82, 2.24) is 14.9 Å². The summed E-state index contributed by atoms with van der Waals surface area (Å²) in [5, 5.41) is 0.754. The molecule has 0 bridgehead atoms. The third-order valence-electron chi connectivity index (χ3n) is 5.89. The number of thioether (sulfide) groups is 1. The van der Waals surface area contributed by atoms with E-state index in [1.54, 1.807) is 24.2 Å². The minimum absolute atomic E-state index is 0.213. The molecule has 0 atom stereocenters. The smallest absolute Gasteiger partial charge is 0.444 e. The van der Waals surface area contributed by atoms with Crippen molar-refractivity contribution in [3.63, 3.8) is 0 Å². The van der Waals surface area contributed by atoms with Gasteiger partial charge in [-0.05, 0) is 67.2 Å². The van der Waals surface area contributed by atoms with Gasteiger partial charge in [-0.2, -0.15) is 0 Å². The molecule has 1 aromatic heterocycles. The highest BCUT2D eigenvalue weighted by molar-refractivity contribution is 7.99. The monoisotopic (exact) mass is 435 g/mol. The van der Waals surface area contributed by atoms with Crippen LogP contribution in [0, 0.1) is 5.92 Å². The van der Waals surface area contributed by atoms with Gasteiger partial charge in [-0.1, -0.05) is 11.8 Å². The number of carbonyl (C=O) groups excluding carboxylic acids is 1. The van der Waals surface area contributed by atoms with Gasteiger partial charge in [-0.15, -0.1) is 0 Å². The van der Waals surface area contributed by atoms with Crippen LogP contribution in [0.1, 0.15) is 61.3 Å². The van der Waals surface area contributed by atoms with E-state index < -0.39 is 12.7 Å². The molecule has 1 amide bonds. The molecule has 2 aliphatic rings. The average Bonchev–Trinajstić information content (AvgIpc) is 2.87. The first-order valence-corrected chi connectivity index (χ1v) is 11.6. The Morgan fingerprint density at radius 1 is 1.17 bits per heavy atom. The van der Waals surface area contributed by atoms with Crippen LogP contribution < -0.4 is 5.46 Å². The van der Waals surface area contributed by atoms with Crippen molar-refractivity contribution < 1.29 is 18.8 Å². The molecule has 7 nitrogen and oxygen atoms in total. The van der Waals surface area contributed by atoms with Gasteiger partial charge < -0.3 is 18.9 Å². The SMILES string of the molecule is CC(C)(C)OC(=O)N1CCC(CSc2ncc(B3OC(C)(C)C(C)(C)O3)cn2)CC1. The number of carbonyl (C=O) groups is 1. The van der Waals surface area contributed by atoms with E-state index in [2.05, 4.69) is 9.97 Å². The summed E-state index contributed by atoms with van der Waals surface area (Å²) in [5.74, 6) is 1.48. The van der Waals surface area contributed by atoms with Crippen LogP contribution in [-0.4, -0.2) is 63.7 Å². The van der Waals surface area contributed by atoms with E-state index in [1.165, 1.54) is 0 Å². The van der Waals surface area contributed by atoms with E-state index >= 15 is 0 Å². The van der Waals surface area contributed by atoms with Crippen molar-refractivity contribution in [2.45, 2.75) is 83.3 Å². The summed E-state index contributed by atoms with van der Waals surface area (Å²) in [6, 6.07) is 0. The lowest BCUT2D eigenvalue weighted by atomic mass is 9.81. The van der Waals surface area contributed by atoms with Gasteiger partial charge in [0.05, 0.1) is 11.2 Å². The molecule has 166 valence electrons. The Morgan fingerprint density at radius 3 is 2.20 bits per heavy atom. The molecule has 1 aromatic rings. The van der Waals surface area contributed by atoms with Crippen LogP contribution in [-0.2, 0) is 14.0 Å². The fourth-order valence-electron chi connectivity index (χ4n) is 3.30. The van der Waals surface area contributed by atoms with Crippen molar-refractivity contribution in [1.29, 1.82) is 0 Å². The molecule has 0 N–H and O–H groups in total. The number of hydrogen-bond donors (Lipinski definition) is 0. The number of rotatable bonds is 4. The van der Waals surface area contributed by atoms with Crippen LogP contribution in [0.25, 0.3) is 0 Å². The van der Waals surface area contributed by atoms with Crippen molar-refractivity contribution >= 4 is 30.4 Å². The maximum absolute atomic E-state index is 12.2. The van der Waals surface area contributed by atoms with Gasteiger partial charge in [0.1, 0.15) is 5.60 Å². The lowest BCUT2D eigenvalue weighted by Gasteiger charge is -2.33. The number of nitrogens with zero attached hydrogens (tertiary/aromatic N) is 3. The van der Waals surface area contributed by atoms with E-state index in [9.17, 15) is 4.79 Å². The second-order valence-electron chi connectivity index (χ2n) is 10.1. The Hall–Kier alpha value is -1.32. The second kappa shape index (κ2) is 8.67. The minimum atomic E-state index is -0.451. The molecule has 0 radical (unpaired) electrons. The quantitative estimate of drug-likeness (QED) is 0.407. The molecule has 0 spiro atoms. The van der Waals surface area contributed by atoms with E-state index in [0.717, 1.165) is 42.3 Å². The first kappa shape index (κ1) is 23.4. The zero-order valence-corrected chi connectivity index (χ0v) is 20.0. The molecular formula is C21H34BN3O4S. The molecule has 3 heterocycles. The van der Waals surface area contributed by atoms with E-state index in [1.807, 2.05) is 53.4 Å². The van der Waals surface area contributed by atoms with Crippen LogP contribution in [0.5, 0.6) is 0 Å². The van der Waals surface area contributed by atoms with Crippen LogP contribution in [0.2, 0.25) is 0 Å². The first-order chi connectivity index (χ1) is 13.9. The largest absolute Gasteiger partial charge is 0.498 e. The third-order valence-corrected chi connectivity index (χ3v) is 6.99. The molecule has 2 aliphatic heterocycles. The molecule has 2 saturated heterocycles. The van der Waals surface area contributed by atoms with Crippen LogP contribution in [0.4, 0.5) is 4.79 Å². The highest BCUT2D eigenvalue weighted by Gasteiger charge is 2.51. The number of amides is 1. The van der Waals surface area contributed by atoms with Crippen LogP contribution >= 0.6 is 11.8 Å². The summed E-state index contributed by atoms with van der Waals surface area (Å²) in [6.45, 7) is 15.3. The molecule has 0 aliphatic carbocycles. The molecule has 9 heteroatoms. The maximum Gasteiger partial charge on any atom is 0.498 e. The number of piperidine rings is 1. The maximum atomic E-state index is 12.2. The van der Waals surface area contributed by atoms with E-state index in [-0.39, 0.29) is 17.3 Å². The summed E-state index contributed by atoms with van der Waals surface area (Å²) in [6.07, 6.45) is 5.32. The van der Waals surface area contributed by atoms with E-state index in [0.29, 0.717) is 5.92 Å². The van der Waals surface area contributed by atoms with Gasteiger partial charge in [0.2, 0.25) is 0 Å². The van der Waals surface area contributed by atoms with Crippen molar-refractivity contribution in [3.05, 3.63) is 12.4 Å². The van der Waals surface area contributed by atoms with Crippen LogP contribution in [0.15, 0.2) is 17.6 Å². The summed E-state index contributed by atoms with van der Waals surface area (Å²) in [5.41, 5.74) is -0.366. The standard InChI is InChI=1S/C21H34BN3O4S/c1-19(2,3)27-18(26)25-10-8-15(9-11-25)14-30-17-23-12-16(13-24-17)22-28-20(4,5)21(6,7)29-22/h12-13,15H,8-11,14H2,1-7H3. The normalized spacial score (nSPS) is 21.7. The first-order valence-electron chi connectivity index (χ1n) is 10.6. The molecule has 2 fully saturated rings. The topological polar surface area (TPSA) is 73.8 Å². The molecule has 3 rings (SSSR count). The van der Waals surface area contributed by atoms with Gasteiger partial charge in [0.15, 0.2) is 5.16 Å². The Bertz CT molecular complexity index is 728. The number of hydrogen-bond acceptors (Lipinski definition) is 7. The molecular weight excluding hydrogens is 401 g/mol. The van der Waals surface area contributed by atoms with Gasteiger partial charge in [-0.3, -0.25) is 0 Å².